The SMILES string of the molecule is CC(CN)(NC(=O)c1ccn(-c2cccc(Cl)c2)n1)C1CC1.Cl. The van der Waals surface area contributed by atoms with Crippen molar-refractivity contribution in [2.75, 3.05) is 6.54 Å². The van der Waals surface area contributed by atoms with E-state index in [1.807, 2.05) is 19.1 Å². The van der Waals surface area contributed by atoms with Crippen molar-refractivity contribution >= 4 is 29.9 Å². The largest absolute Gasteiger partial charge is 0.344 e. The summed E-state index contributed by atoms with van der Waals surface area (Å²) in [5.74, 6) is 0.275. The van der Waals surface area contributed by atoms with Crippen LogP contribution in [-0.4, -0.2) is 27.8 Å². The Hall–Kier alpha value is -1.56. The van der Waals surface area contributed by atoms with Crippen molar-refractivity contribution in [3.63, 3.8) is 0 Å². The van der Waals surface area contributed by atoms with Gasteiger partial charge in [0.1, 0.15) is 0 Å². The van der Waals surface area contributed by atoms with Crippen LogP contribution < -0.4 is 11.1 Å². The first-order valence-corrected chi connectivity index (χ1v) is 7.74. The van der Waals surface area contributed by atoms with Gasteiger partial charge in [-0.15, -0.1) is 12.4 Å². The lowest BCUT2D eigenvalue weighted by atomic mass is 9.96. The van der Waals surface area contributed by atoms with Gasteiger partial charge in [-0.3, -0.25) is 4.79 Å². The number of carbonyl (C=O) groups excluding carboxylic acids is 1. The zero-order valence-electron chi connectivity index (χ0n) is 12.8. The third kappa shape index (κ3) is 3.86. The molecule has 1 fully saturated rings. The molecule has 7 heteroatoms. The molecule has 1 aromatic carbocycles. The highest BCUT2D eigenvalue weighted by atomic mass is 35.5. The first-order chi connectivity index (χ1) is 10.5. The normalized spacial score (nSPS) is 16.3. The number of nitrogens with zero attached hydrogens (tertiary/aromatic N) is 2. The summed E-state index contributed by atoms with van der Waals surface area (Å²) in [6.07, 6.45) is 3.98. The molecule has 1 saturated carbocycles. The fourth-order valence-electron chi connectivity index (χ4n) is 2.57. The van der Waals surface area contributed by atoms with Crippen LogP contribution in [0.15, 0.2) is 36.5 Å². The molecule has 0 bridgehead atoms. The lowest BCUT2D eigenvalue weighted by molar-refractivity contribution is 0.0892. The quantitative estimate of drug-likeness (QED) is 0.866. The molecule has 0 spiro atoms. The Bertz CT molecular complexity index is 699. The summed E-state index contributed by atoms with van der Waals surface area (Å²) in [6.45, 7) is 2.43. The molecule has 1 unspecified atom stereocenters. The molecule has 1 aliphatic rings. The average molecular weight is 355 g/mol. The predicted octanol–water partition coefficient (Wildman–Crippen LogP) is 2.80. The monoisotopic (exact) mass is 354 g/mol. The number of nitrogens with two attached hydrogens (primary N) is 1. The summed E-state index contributed by atoms with van der Waals surface area (Å²) >= 11 is 5.98. The summed E-state index contributed by atoms with van der Waals surface area (Å²) in [7, 11) is 0. The second-order valence-corrected chi connectivity index (χ2v) is 6.41. The molecule has 1 amide bonds. The standard InChI is InChI=1S/C16H19ClN4O.ClH/c1-16(10-18,11-5-6-11)19-15(22)14-7-8-21(20-14)13-4-2-3-12(17)9-13;/h2-4,7-9,11H,5-6,10,18H2,1H3,(H,19,22);1H. The summed E-state index contributed by atoms with van der Waals surface area (Å²) in [5, 5.41) is 7.98. The topological polar surface area (TPSA) is 72.9 Å². The molecule has 1 aromatic heterocycles. The van der Waals surface area contributed by atoms with Crippen LogP contribution in [0.2, 0.25) is 5.02 Å². The zero-order chi connectivity index (χ0) is 15.7. The average Bonchev–Trinajstić information content (AvgIpc) is 3.25. The van der Waals surface area contributed by atoms with Gasteiger partial charge in [-0.1, -0.05) is 17.7 Å². The third-order valence-corrected chi connectivity index (χ3v) is 4.43. The number of halogens is 2. The number of hydrogen-bond donors (Lipinski definition) is 2. The fourth-order valence-corrected chi connectivity index (χ4v) is 2.76. The number of amides is 1. The highest BCUT2D eigenvalue weighted by Gasteiger charge is 2.41. The van der Waals surface area contributed by atoms with Gasteiger partial charge in [0.25, 0.3) is 5.91 Å². The van der Waals surface area contributed by atoms with Crippen molar-refractivity contribution in [2.24, 2.45) is 11.7 Å². The van der Waals surface area contributed by atoms with Crippen LogP contribution in [0.4, 0.5) is 0 Å². The van der Waals surface area contributed by atoms with Crippen molar-refractivity contribution in [2.45, 2.75) is 25.3 Å². The summed E-state index contributed by atoms with van der Waals surface area (Å²) < 4.78 is 1.64. The first-order valence-electron chi connectivity index (χ1n) is 7.36. The van der Waals surface area contributed by atoms with E-state index in [2.05, 4.69) is 10.4 Å². The highest BCUT2D eigenvalue weighted by Crippen LogP contribution is 2.39. The number of aromatic nitrogens is 2. The number of benzene rings is 1. The van der Waals surface area contributed by atoms with Gasteiger partial charge in [-0.05, 0) is 49.9 Å². The number of carbonyl (C=O) groups is 1. The molecular formula is C16H20Cl2N4O. The van der Waals surface area contributed by atoms with Crippen LogP contribution in [0, 0.1) is 5.92 Å². The molecule has 3 rings (SSSR count). The molecule has 23 heavy (non-hydrogen) atoms. The van der Waals surface area contributed by atoms with E-state index in [0.29, 0.717) is 23.2 Å². The number of nitrogens with one attached hydrogen (secondary N) is 1. The number of rotatable bonds is 5. The first kappa shape index (κ1) is 17.8. The molecule has 1 atom stereocenters. The minimum Gasteiger partial charge on any atom is -0.344 e. The Balaban J connectivity index is 0.00000192. The molecular weight excluding hydrogens is 335 g/mol. The van der Waals surface area contributed by atoms with E-state index < -0.39 is 0 Å². The Kier molecular flexibility index (Phi) is 5.34. The molecule has 2 aromatic rings. The zero-order valence-corrected chi connectivity index (χ0v) is 14.4. The van der Waals surface area contributed by atoms with Gasteiger partial charge in [0.15, 0.2) is 5.69 Å². The molecule has 0 aliphatic heterocycles. The van der Waals surface area contributed by atoms with E-state index in [4.69, 9.17) is 17.3 Å². The Morgan fingerprint density at radius 3 is 2.83 bits per heavy atom. The van der Waals surface area contributed by atoms with Gasteiger partial charge in [0, 0.05) is 17.8 Å². The summed E-state index contributed by atoms with van der Waals surface area (Å²) in [5.41, 5.74) is 6.67. The van der Waals surface area contributed by atoms with Crippen LogP contribution in [0.3, 0.4) is 0 Å². The minimum atomic E-state index is -0.350. The van der Waals surface area contributed by atoms with Crippen molar-refractivity contribution in [1.82, 2.24) is 15.1 Å². The maximum Gasteiger partial charge on any atom is 0.272 e. The smallest absolute Gasteiger partial charge is 0.272 e. The molecule has 1 aliphatic carbocycles. The van der Waals surface area contributed by atoms with Crippen molar-refractivity contribution in [1.29, 1.82) is 0 Å². The van der Waals surface area contributed by atoms with E-state index in [1.54, 1.807) is 29.1 Å². The van der Waals surface area contributed by atoms with E-state index in [9.17, 15) is 4.79 Å². The van der Waals surface area contributed by atoms with E-state index >= 15 is 0 Å². The summed E-state index contributed by atoms with van der Waals surface area (Å²) in [4.78, 5) is 12.4. The van der Waals surface area contributed by atoms with Crippen LogP contribution in [0.1, 0.15) is 30.3 Å². The van der Waals surface area contributed by atoms with Gasteiger partial charge < -0.3 is 11.1 Å². The molecule has 124 valence electrons. The van der Waals surface area contributed by atoms with E-state index in [1.165, 1.54) is 0 Å². The fraction of sp³-hybridized carbons (Fsp3) is 0.375. The highest BCUT2D eigenvalue weighted by molar-refractivity contribution is 6.30. The van der Waals surface area contributed by atoms with Gasteiger partial charge in [-0.2, -0.15) is 5.10 Å². The summed E-state index contributed by atoms with van der Waals surface area (Å²) in [6, 6.07) is 9.02. The van der Waals surface area contributed by atoms with Crippen LogP contribution in [-0.2, 0) is 0 Å². The van der Waals surface area contributed by atoms with Gasteiger partial charge in [-0.25, -0.2) is 4.68 Å². The van der Waals surface area contributed by atoms with E-state index in [0.717, 1.165) is 18.5 Å². The molecule has 1 heterocycles. The lowest BCUT2D eigenvalue weighted by Gasteiger charge is -2.29. The van der Waals surface area contributed by atoms with Crippen LogP contribution in [0.25, 0.3) is 5.69 Å². The molecule has 5 nitrogen and oxygen atoms in total. The van der Waals surface area contributed by atoms with Crippen LogP contribution in [0.5, 0.6) is 0 Å². The lowest BCUT2D eigenvalue weighted by Crippen LogP contribution is -2.53. The minimum absolute atomic E-state index is 0. The second kappa shape index (κ2) is 6.91. The molecule has 0 saturated heterocycles. The van der Waals surface area contributed by atoms with Gasteiger partial charge in [0.05, 0.1) is 11.2 Å². The van der Waals surface area contributed by atoms with Crippen molar-refractivity contribution in [3.8, 4) is 5.69 Å². The maximum atomic E-state index is 12.4. The van der Waals surface area contributed by atoms with Crippen molar-refractivity contribution < 1.29 is 4.79 Å². The van der Waals surface area contributed by atoms with Crippen molar-refractivity contribution in [3.05, 3.63) is 47.2 Å². The maximum absolute atomic E-state index is 12.4. The van der Waals surface area contributed by atoms with Gasteiger partial charge >= 0.3 is 0 Å². The third-order valence-electron chi connectivity index (χ3n) is 4.20. The second-order valence-electron chi connectivity index (χ2n) is 5.98. The Morgan fingerprint density at radius 1 is 1.48 bits per heavy atom. The molecule has 0 radical (unpaired) electrons. The Labute approximate surface area is 146 Å². The van der Waals surface area contributed by atoms with E-state index in [-0.39, 0.29) is 23.9 Å². The number of hydrogen-bond acceptors (Lipinski definition) is 3. The Morgan fingerprint density at radius 2 is 2.22 bits per heavy atom. The van der Waals surface area contributed by atoms with Gasteiger partial charge in [0.2, 0.25) is 0 Å². The predicted molar refractivity (Wildman–Crippen MR) is 93.5 cm³/mol. The molecule has 3 N–H and O–H groups in total. The van der Waals surface area contributed by atoms with Crippen LogP contribution >= 0.6 is 24.0 Å².